The van der Waals surface area contributed by atoms with Gasteiger partial charge in [-0.15, -0.1) is 0 Å². The van der Waals surface area contributed by atoms with Gasteiger partial charge in [0, 0.05) is 22.7 Å². The molecule has 1 aromatic heterocycles. The molecule has 0 fully saturated rings. The fourth-order valence-corrected chi connectivity index (χ4v) is 3.59. The largest absolute Gasteiger partial charge is 0.404 e. The summed E-state index contributed by atoms with van der Waals surface area (Å²) in [7, 11) is -2.27. The summed E-state index contributed by atoms with van der Waals surface area (Å²) in [5, 5.41) is 12.4. The van der Waals surface area contributed by atoms with Gasteiger partial charge in [-0.2, -0.15) is 0 Å². The first kappa shape index (κ1) is 18.5. The summed E-state index contributed by atoms with van der Waals surface area (Å²) in [5.41, 5.74) is 0.486. The molecule has 1 aromatic carbocycles. The molecule has 0 amide bonds. The lowest BCUT2D eigenvalue weighted by Crippen LogP contribution is -2.43. The average molecular weight is 350 g/mol. The maximum Gasteiger partial charge on any atom is 0.232 e. The first-order chi connectivity index (χ1) is 11.0. The number of hydrogen-bond acceptors (Lipinski definition) is 4. The molecule has 0 aliphatic rings. The normalized spacial score (nSPS) is 13.9. The molecule has 0 spiro atoms. The number of pyridine rings is 1. The van der Waals surface area contributed by atoms with Gasteiger partial charge in [-0.3, -0.25) is 15.1 Å². The van der Waals surface area contributed by atoms with E-state index < -0.39 is 31.7 Å². The highest BCUT2D eigenvalue weighted by Crippen LogP contribution is 2.40. The molecule has 0 saturated heterocycles. The number of rotatable bonds is 5. The van der Waals surface area contributed by atoms with Crippen LogP contribution in [0.15, 0.2) is 30.6 Å². The molecule has 0 radical (unpaired) electrons. The molecule has 24 heavy (non-hydrogen) atoms. The zero-order valence-corrected chi connectivity index (χ0v) is 15.7. The molecule has 0 bridgehead atoms. The van der Waals surface area contributed by atoms with E-state index in [1.807, 2.05) is 13.1 Å². The number of benzene rings is 1. The van der Waals surface area contributed by atoms with Gasteiger partial charge in [-0.1, -0.05) is 20.8 Å². The van der Waals surface area contributed by atoms with Crippen LogP contribution in [-0.2, 0) is 4.43 Å². The van der Waals surface area contributed by atoms with Crippen molar-refractivity contribution in [1.29, 1.82) is 0 Å². The van der Waals surface area contributed by atoms with Gasteiger partial charge in [0.2, 0.25) is 6.54 Å². The summed E-state index contributed by atoms with van der Waals surface area (Å²) in [6, 6.07) is 4.42. The summed E-state index contributed by atoms with van der Waals surface area (Å²) in [6.45, 7) is 9.84. The van der Waals surface area contributed by atoms with Crippen LogP contribution in [0.3, 0.4) is 0 Å². The lowest BCUT2D eigenvalue weighted by Gasteiger charge is -2.38. The third-order valence-corrected chi connectivity index (χ3v) is 9.14. The maximum atomic E-state index is 14.0. The van der Waals surface area contributed by atoms with E-state index in [9.17, 15) is 14.5 Å². The van der Waals surface area contributed by atoms with Gasteiger partial charge in [-0.05, 0) is 47.3 Å². The number of fused-ring (bicyclic) bond motifs is 1. The minimum atomic E-state index is -2.27. The molecule has 5 nitrogen and oxygen atoms in total. The highest BCUT2D eigenvalue weighted by atomic mass is 28.4. The third-order valence-electron chi connectivity index (χ3n) is 4.66. The summed E-state index contributed by atoms with van der Waals surface area (Å²) in [5.74, 6) is -0.434. The predicted octanol–water partition coefficient (Wildman–Crippen LogP) is 4.71. The van der Waals surface area contributed by atoms with E-state index >= 15 is 0 Å². The average Bonchev–Trinajstić information content (AvgIpc) is 2.43. The van der Waals surface area contributed by atoms with Crippen LogP contribution in [0.5, 0.6) is 0 Å². The number of halogens is 1. The van der Waals surface area contributed by atoms with Crippen LogP contribution in [-0.4, -0.2) is 24.8 Å². The molecule has 7 heteroatoms. The van der Waals surface area contributed by atoms with E-state index in [0.717, 1.165) is 0 Å². The van der Waals surface area contributed by atoms with Crippen LogP contribution in [0.25, 0.3) is 10.8 Å². The Balaban J connectivity index is 2.55. The molecule has 1 unspecified atom stereocenters. The van der Waals surface area contributed by atoms with E-state index in [0.29, 0.717) is 16.3 Å². The molecule has 0 N–H and O–H groups in total. The maximum absolute atomic E-state index is 14.0. The van der Waals surface area contributed by atoms with E-state index in [1.54, 1.807) is 18.5 Å². The lowest BCUT2D eigenvalue weighted by atomic mass is 10.0. The molecule has 2 rings (SSSR count). The van der Waals surface area contributed by atoms with Crippen molar-refractivity contribution in [3.8, 4) is 0 Å². The summed E-state index contributed by atoms with van der Waals surface area (Å²) < 4.78 is 20.3. The molecule has 0 saturated carbocycles. The monoisotopic (exact) mass is 350 g/mol. The van der Waals surface area contributed by atoms with E-state index in [2.05, 4.69) is 25.8 Å². The standard InChI is InChI=1S/C17H23FN2O3Si/c1-17(2,3)24(4,5)23-16(11-20(21)22)14-9-13(18)8-12-6-7-19-10-15(12)14/h6-10,16H,11H2,1-5H3. The third kappa shape index (κ3) is 3.96. The molecule has 130 valence electrons. The van der Waals surface area contributed by atoms with Crippen molar-refractivity contribution in [1.82, 2.24) is 4.98 Å². The van der Waals surface area contributed by atoms with Crippen molar-refractivity contribution in [3.63, 3.8) is 0 Å². The minimum Gasteiger partial charge on any atom is -0.404 e. The SMILES string of the molecule is CC(C)(C)[Si](C)(C)OC(C[N+](=O)[O-])c1cc(F)cc2ccncc12. The number of nitro groups is 1. The van der Waals surface area contributed by atoms with Gasteiger partial charge in [0.1, 0.15) is 11.9 Å². The van der Waals surface area contributed by atoms with Gasteiger partial charge >= 0.3 is 0 Å². The molecular formula is C17H23FN2O3Si. The summed E-state index contributed by atoms with van der Waals surface area (Å²) in [4.78, 5) is 14.8. The second-order valence-corrected chi connectivity index (χ2v) is 12.2. The molecule has 2 aromatic rings. The summed E-state index contributed by atoms with van der Waals surface area (Å²) in [6.07, 6.45) is 2.37. The Morgan fingerprint density at radius 3 is 2.62 bits per heavy atom. The van der Waals surface area contributed by atoms with Gasteiger partial charge in [-0.25, -0.2) is 4.39 Å². The van der Waals surface area contributed by atoms with Crippen molar-refractivity contribution in [2.75, 3.05) is 6.54 Å². The smallest absolute Gasteiger partial charge is 0.232 e. The predicted molar refractivity (Wildman–Crippen MR) is 94.6 cm³/mol. The van der Waals surface area contributed by atoms with Crippen LogP contribution in [0.4, 0.5) is 4.39 Å². The topological polar surface area (TPSA) is 65.3 Å². The Hall–Kier alpha value is -1.86. The fraction of sp³-hybridized carbons (Fsp3) is 0.471. The summed E-state index contributed by atoms with van der Waals surface area (Å²) >= 11 is 0. The Kier molecular flexibility index (Phi) is 5.05. The Morgan fingerprint density at radius 1 is 1.38 bits per heavy atom. The molecule has 0 aliphatic heterocycles. The van der Waals surface area contributed by atoms with Crippen LogP contribution in [0.2, 0.25) is 18.1 Å². The quantitative estimate of drug-likeness (QED) is 0.445. The number of hydrogen-bond donors (Lipinski definition) is 0. The van der Waals surface area contributed by atoms with Gasteiger partial charge in [0.05, 0.1) is 0 Å². The molecule has 0 aliphatic carbocycles. The second-order valence-electron chi connectivity index (χ2n) is 7.47. The number of nitrogens with zero attached hydrogens (tertiary/aromatic N) is 2. The zero-order valence-electron chi connectivity index (χ0n) is 14.7. The highest BCUT2D eigenvalue weighted by Gasteiger charge is 2.41. The molecular weight excluding hydrogens is 327 g/mol. The van der Waals surface area contributed by atoms with E-state index in [-0.39, 0.29) is 5.04 Å². The first-order valence-electron chi connectivity index (χ1n) is 7.84. The molecule has 1 heterocycles. The highest BCUT2D eigenvalue weighted by molar-refractivity contribution is 6.74. The van der Waals surface area contributed by atoms with Crippen molar-refractivity contribution >= 4 is 19.1 Å². The van der Waals surface area contributed by atoms with Crippen molar-refractivity contribution < 1.29 is 13.7 Å². The van der Waals surface area contributed by atoms with Crippen LogP contribution < -0.4 is 0 Å². The first-order valence-corrected chi connectivity index (χ1v) is 10.7. The van der Waals surface area contributed by atoms with Crippen molar-refractivity contribution in [3.05, 3.63) is 52.1 Å². The van der Waals surface area contributed by atoms with E-state index in [4.69, 9.17) is 4.43 Å². The van der Waals surface area contributed by atoms with Gasteiger partial charge in [0.25, 0.3) is 0 Å². The van der Waals surface area contributed by atoms with Crippen molar-refractivity contribution in [2.24, 2.45) is 0 Å². The Bertz CT molecular complexity index is 759. The lowest BCUT2D eigenvalue weighted by molar-refractivity contribution is -0.490. The van der Waals surface area contributed by atoms with Gasteiger partial charge in [0.15, 0.2) is 8.32 Å². The van der Waals surface area contributed by atoms with Crippen LogP contribution in [0, 0.1) is 15.9 Å². The Morgan fingerprint density at radius 2 is 2.04 bits per heavy atom. The molecule has 1 atom stereocenters. The van der Waals surface area contributed by atoms with Crippen molar-refractivity contribution in [2.45, 2.75) is 45.0 Å². The van der Waals surface area contributed by atoms with Gasteiger partial charge < -0.3 is 4.43 Å². The van der Waals surface area contributed by atoms with Crippen LogP contribution >= 0.6 is 0 Å². The number of aromatic nitrogens is 1. The minimum absolute atomic E-state index is 0.108. The second kappa shape index (κ2) is 6.56. The zero-order chi connectivity index (χ0) is 18.1. The van der Waals surface area contributed by atoms with Crippen LogP contribution in [0.1, 0.15) is 32.4 Å². The Labute approximate surface area is 142 Å². The van der Waals surface area contributed by atoms with E-state index in [1.165, 1.54) is 12.1 Å². The fourth-order valence-electron chi connectivity index (χ4n) is 2.32.